The van der Waals surface area contributed by atoms with Gasteiger partial charge in [0.25, 0.3) is 5.91 Å². The lowest BCUT2D eigenvalue weighted by molar-refractivity contribution is -0.123. The molecular formula is C17H17BrN2O5. The number of carbonyl (C=O) groups is 1. The Balaban J connectivity index is 1.89. The molecule has 0 saturated heterocycles. The summed E-state index contributed by atoms with van der Waals surface area (Å²) in [4.78, 5) is 11.7. The Bertz CT molecular complexity index is 762. The van der Waals surface area contributed by atoms with E-state index in [1.807, 2.05) is 0 Å². The second-order valence-corrected chi connectivity index (χ2v) is 5.72. The third-order valence-corrected chi connectivity index (χ3v) is 3.57. The number of methoxy groups -OCH3 is 2. The zero-order chi connectivity index (χ0) is 18.2. The molecule has 8 heteroatoms. The number of aromatic hydroxyl groups is 1. The van der Waals surface area contributed by atoms with Crippen LogP contribution in [-0.4, -0.2) is 38.1 Å². The molecule has 2 N–H and O–H groups in total. The fourth-order valence-corrected chi connectivity index (χ4v) is 2.33. The number of phenols is 1. The third kappa shape index (κ3) is 5.39. The minimum Gasteiger partial charge on any atom is -0.504 e. The molecule has 7 nitrogen and oxygen atoms in total. The molecule has 0 radical (unpaired) electrons. The standard InChI is InChI=1S/C17H17BrN2O5/c1-23-13-3-5-14(6-4-13)25-10-16(21)20-19-9-11-7-12(18)8-15(24-2)17(11)22/h3-9,22H,10H2,1-2H3,(H,20,21)/b19-9+. The van der Waals surface area contributed by atoms with Crippen LogP contribution in [0.25, 0.3) is 0 Å². The smallest absolute Gasteiger partial charge is 0.277 e. The molecule has 0 fully saturated rings. The number of nitrogens with zero attached hydrogens (tertiary/aromatic N) is 1. The van der Waals surface area contributed by atoms with Crippen molar-refractivity contribution in [3.63, 3.8) is 0 Å². The Kier molecular flexibility index (Phi) is 6.64. The monoisotopic (exact) mass is 408 g/mol. The fourth-order valence-electron chi connectivity index (χ4n) is 1.88. The van der Waals surface area contributed by atoms with E-state index in [0.717, 1.165) is 0 Å². The molecule has 25 heavy (non-hydrogen) atoms. The second-order valence-electron chi connectivity index (χ2n) is 4.80. The molecule has 0 unspecified atom stereocenters. The van der Waals surface area contributed by atoms with Crippen molar-refractivity contribution in [1.29, 1.82) is 0 Å². The Labute approximate surface area is 153 Å². The maximum absolute atomic E-state index is 11.7. The van der Waals surface area contributed by atoms with Crippen molar-refractivity contribution >= 4 is 28.1 Å². The molecule has 0 aliphatic rings. The van der Waals surface area contributed by atoms with Crippen LogP contribution >= 0.6 is 15.9 Å². The maximum atomic E-state index is 11.7. The van der Waals surface area contributed by atoms with Crippen LogP contribution in [0.2, 0.25) is 0 Å². The third-order valence-electron chi connectivity index (χ3n) is 3.11. The Hall–Kier alpha value is -2.74. The van der Waals surface area contributed by atoms with Crippen molar-refractivity contribution in [2.24, 2.45) is 5.10 Å². The van der Waals surface area contributed by atoms with Crippen LogP contribution in [0, 0.1) is 0 Å². The first-order valence-electron chi connectivity index (χ1n) is 7.18. The lowest BCUT2D eigenvalue weighted by atomic mass is 10.2. The Morgan fingerprint density at radius 2 is 1.88 bits per heavy atom. The lowest BCUT2D eigenvalue weighted by Crippen LogP contribution is -2.24. The molecule has 0 heterocycles. The topological polar surface area (TPSA) is 89.4 Å². The van der Waals surface area contributed by atoms with Crippen LogP contribution in [-0.2, 0) is 4.79 Å². The summed E-state index contributed by atoms with van der Waals surface area (Å²) in [5, 5.41) is 13.8. The summed E-state index contributed by atoms with van der Waals surface area (Å²) in [5.41, 5.74) is 2.71. The zero-order valence-corrected chi connectivity index (χ0v) is 15.2. The van der Waals surface area contributed by atoms with Gasteiger partial charge < -0.3 is 19.3 Å². The van der Waals surface area contributed by atoms with E-state index < -0.39 is 5.91 Å². The number of hydrogen-bond acceptors (Lipinski definition) is 6. The highest BCUT2D eigenvalue weighted by molar-refractivity contribution is 9.10. The highest BCUT2D eigenvalue weighted by Gasteiger charge is 2.08. The van der Waals surface area contributed by atoms with Crippen LogP contribution in [0.1, 0.15) is 5.56 Å². The van der Waals surface area contributed by atoms with Crippen molar-refractivity contribution < 1.29 is 24.1 Å². The summed E-state index contributed by atoms with van der Waals surface area (Å²) < 4.78 is 16.1. The van der Waals surface area contributed by atoms with E-state index in [-0.39, 0.29) is 12.4 Å². The van der Waals surface area contributed by atoms with Crippen molar-refractivity contribution in [1.82, 2.24) is 5.43 Å². The molecule has 2 rings (SSSR count). The maximum Gasteiger partial charge on any atom is 0.277 e. The summed E-state index contributed by atoms with van der Waals surface area (Å²) >= 11 is 3.30. The van der Waals surface area contributed by atoms with E-state index in [1.54, 1.807) is 43.5 Å². The molecule has 0 saturated carbocycles. The Morgan fingerprint density at radius 1 is 1.20 bits per heavy atom. The molecule has 2 aromatic rings. The first-order valence-corrected chi connectivity index (χ1v) is 7.98. The summed E-state index contributed by atoms with van der Waals surface area (Å²) in [7, 11) is 3.01. The summed E-state index contributed by atoms with van der Waals surface area (Å²) in [6.45, 7) is -0.197. The molecule has 1 amide bonds. The van der Waals surface area contributed by atoms with Crippen LogP contribution < -0.4 is 19.6 Å². The minimum atomic E-state index is -0.437. The molecule has 0 aliphatic heterocycles. The van der Waals surface area contributed by atoms with Gasteiger partial charge in [-0.15, -0.1) is 0 Å². The van der Waals surface area contributed by atoms with Gasteiger partial charge in [0.2, 0.25) is 0 Å². The average Bonchev–Trinajstić information content (AvgIpc) is 2.62. The number of phenolic OH excluding ortho intramolecular Hbond substituents is 1. The summed E-state index contributed by atoms with van der Waals surface area (Å²) in [6, 6.07) is 10.1. The Morgan fingerprint density at radius 3 is 2.52 bits per heavy atom. The van der Waals surface area contributed by atoms with Gasteiger partial charge in [-0.1, -0.05) is 15.9 Å². The van der Waals surface area contributed by atoms with Gasteiger partial charge in [-0.3, -0.25) is 4.79 Å². The molecule has 0 atom stereocenters. The first kappa shape index (κ1) is 18.6. The van der Waals surface area contributed by atoms with E-state index in [0.29, 0.717) is 27.3 Å². The van der Waals surface area contributed by atoms with Gasteiger partial charge in [0.05, 0.1) is 20.4 Å². The van der Waals surface area contributed by atoms with Gasteiger partial charge in [-0.25, -0.2) is 5.43 Å². The molecule has 132 valence electrons. The number of halogens is 1. The molecule has 2 aromatic carbocycles. The highest BCUT2D eigenvalue weighted by Crippen LogP contribution is 2.32. The van der Waals surface area contributed by atoms with Crippen LogP contribution in [0.15, 0.2) is 46.0 Å². The lowest BCUT2D eigenvalue weighted by Gasteiger charge is -2.07. The zero-order valence-electron chi connectivity index (χ0n) is 13.7. The van der Waals surface area contributed by atoms with Gasteiger partial charge in [0.15, 0.2) is 18.1 Å². The van der Waals surface area contributed by atoms with Crippen molar-refractivity contribution in [2.75, 3.05) is 20.8 Å². The second kappa shape index (κ2) is 8.93. The number of carbonyl (C=O) groups excluding carboxylic acids is 1. The van der Waals surface area contributed by atoms with Crippen molar-refractivity contribution in [2.45, 2.75) is 0 Å². The average molecular weight is 409 g/mol. The van der Waals surface area contributed by atoms with E-state index in [4.69, 9.17) is 14.2 Å². The molecule has 0 bridgehead atoms. The number of ether oxygens (including phenoxy) is 3. The van der Waals surface area contributed by atoms with Crippen molar-refractivity contribution in [3.05, 3.63) is 46.4 Å². The van der Waals surface area contributed by atoms with Crippen LogP contribution in [0.4, 0.5) is 0 Å². The van der Waals surface area contributed by atoms with E-state index in [2.05, 4.69) is 26.5 Å². The molecule has 0 spiro atoms. The molecule has 0 aromatic heterocycles. The minimum absolute atomic E-state index is 0.0711. The number of hydrogen-bond donors (Lipinski definition) is 2. The number of benzene rings is 2. The fraction of sp³-hybridized carbons (Fsp3) is 0.176. The van der Waals surface area contributed by atoms with Gasteiger partial charge in [-0.05, 0) is 36.4 Å². The van der Waals surface area contributed by atoms with Gasteiger partial charge >= 0.3 is 0 Å². The number of rotatable bonds is 7. The summed E-state index contributed by atoms with van der Waals surface area (Å²) in [5.74, 6) is 1.02. The summed E-state index contributed by atoms with van der Waals surface area (Å²) in [6.07, 6.45) is 1.31. The van der Waals surface area contributed by atoms with Gasteiger partial charge in [0.1, 0.15) is 11.5 Å². The largest absolute Gasteiger partial charge is 0.504 e. The predicted molar refractivity (Wildman–Crippen MR) is 96.6 cm³/mol. The van der Waals surface area contributed by atoms with E-state index in [1.165, 1.54) is 13.3 Å². The quantitative estimate of drug-likeness (QED) is 0.542. The molecule has 0 aliphatic carbocycles. The first-order chi connectivity index (χ1) is 12.0. The van der Waals surface area contributed by atoms with Crippen molar-refractivity contribution in [3.8, 4) is 23.0 Å². The predicted octanol–water partition coefficient (Wildman–Crippen LogP) is 2.70. The number of hydrazone groups is 1. The number of nitrogens with one attached hydrogen (secondary N) is 1. The molecular weight excluding hydrogens is 392 g/mol. The van der Waals surface area contributed by atoms with E-state index >= 15 is 0 Å². The number of amides is 1. The van der Waals surface area contributed by atoms with Gasteiger partial charge in [-0.2, -0.15) is 5.10 Å². The normalized spacial score (nSPS) is 10.5. The van der Waals surface area contributed by atoms with Crippen LogP contribution in [0.5, 0.6) is 23.0 Å². The van der Waals surface area contributed by atoms with Crippen LogP contribution in [0.3, 0.4) is 0 Å². The highest BCUT2D eigenvalue weighted by atomic mass is 79.9. The SMILES string of the molecule is COc1ccc(OCC(=O)N/N=C/c2cc(Br)cc(OC)c2O)cc1. The van der Waals surface area contributed by atoms with Gasteiger partial charge in [0, 0.05) is 10.0 Å². The van der Waals surface area contributed by atoms with E-state index in [9.17, 15) is 9.90 Å².